The molecule has 0 heterocycles. The van der Waals surface area contributed by atoms with Crippen molar-refractivity contribution in [3.05, 3.63) is 0 Å². The molecule has 1 rings (SSSR count). The number of hydrogen-bond acceptors (Lipinski definition) is 2. The Morgan fingerprint density at radius 1 is 1.15 bits per heavy atom. The molecule has 0 amide bonds. The number of rotatable bonds is 8. The third-order valence-electron chi connectivity index (χ3n) is 4.80. The fourth-order valence-corrected chi connectivity index (χ4v) is 3.32. The fourth-order valence-electron chi connectivity index (χ4n) is 3.32. The highest BCUT2D eigenvalue weighted by molar-refractivity contribution is 5.75. The molecule has 0 radical (unpaired) electrons. The van der Waals surface area contributed by atoms with Crippen LogP contribution in [-0.4, -0.2) is 35.1 Å². The third kappa shape index (κ3) is 5.08. The molecule has 1 aliphatic rings. The number of carboxylic acid groups (broad SMARTS) is 1. The SMILES string of the molecule is CCCCCN(CC1(C(=O)O)CCCCCC1)C(C)C. The monoisotopic (exact) mass is 283 g/mol. The maximum atomic E-state index is 11.9. The van der Waals surface area contributed by atoms with Crippen molar-refractivity contribution in [3.8, 4) is 0 Å². The third-order valence-corrected chi connectivity index (χ3v) is 4.80. The van der Waals surface area contributed by atoms with Gasteiger partial charge in [-0.1, -0.05) is 45.4 Å². The first-order chi connectivity index (χ1) is 9.52. The van der Waals surface area contributed by atoms with Crippen LogP contribution in [0.15, 0.2) is 0 Å². The van der Waals surface area contributed by atoms with Crippen LogP contribution in [0.1, 0.15) is 78.6 Å². The zero-order valence-corrected chi connectivity index (χ0v) is 13.7. The minimum absolute atomic E-state index is 0.436. The summed E-state index contributed by atoms with van der Waals surface area (Å²) in [5.74, 6) is -0.569. The van der Waals surface area contributed by atoms with Gasteiger partial charge in [-0.3, -0.25) is 9.69 Å². The van der Waals surface area contributed by atoms with Crippen molar-refractivity contribution in [3.63, 3.8) is 0 Å². The summed E-state index contributed by atoms with van der Waals surface area (Å²) < 4.78 is 0. The van der Waals surface area contributed by atoms with E-state index in [-0.39, 0.29) is 0 Å². The maximum Gasteiger partial charge on any atom is 0.310 e. The summed E-state index contributed by atoms with van der Waals surface area (Å²) >= 11 is 0. The number of aliphatic carboxylic acids is 1. The molecule has 0 bridgehead atoms. The fraction of sp³-hybridized carbons (Fsp3) is 0.941. The summed E-state index contributed by atoms with van der Waals surface area (Å²) in [6, 6.07) is 0.436. The molecule has 0 aromatic rings. The van der Waals surface area contributed by atoms with E-state index in [4.69, 9.17) is 0 Å². The Bertz CT molecular complexity index is 281. The first kappa shape index (κ1) is 17.5. The quantitative estimate of drug-likeness (QED) is 0.533. The predicted molar refractivity (Wildman–Crippen MR) is 84.0 cm³/mol. The van der Waals surface area contributed by atoms with Crippen molar-refractivity contribution in [1.82, 2.24) is 4.90 Å². The summed E-state index contributed by atoms with van der Waals surface area (Å²) in [5, 5.41) is 9.79. The van der Waals surface area contributed by atoms with Crippen LogP contribution < -0.4 is 0 Å². The van der Waals surface area contributed by atoms with E-state index in [1.54, 1.807) is 0 Å². The molecule has 1 N–H and O–H groups in total. The first-order valence-electron chi connectivity index (χ1n) is 8.49. The zero-order chi connectivity index (χ0) is 15.0. The van der Waals surface area contributed by atoms with Gasteiger partial charge in [-0.25, -0.2) is 0 Å². The van der Waals surface area contributed by atoms with Gasteiger partial charge in [0.1, 0.15) is 0 Å². The highest BCUT2D eigenvalue weighted by Gasteiger charge is 2.40. The lowest BCUT2D eigenvalue weighted by Gasteiger charge is -2.37. The summed E-state index contributed by atoms with van der Waals surface area (Å²) in [5.41, 5.74) is -0.493. The van der Waals surface area contributed by atoms with Gasteiger partial charge in [0, 0.05) is 12.6 Å². The van der Waals surface area contributed by atoms with Crippen LogP contribution in [0.2, 0.25) is 0 Å². The maximum absolute atomic E-state index is 11.9. The van der Waals surface area contributed by atoms with E-state index in [2.05, 4.69) is 25.7 Å². The predicted octanol–water partition coefficient (Wildman–Crippen LogP) is 4.31. The van der Waals surface area contributed by atoms with E-state index < -0.39 is 11.4 Å². The van der Waals surface area contributed by atoms with Gasteiger partial charge in [0.05, 0.1) is 5.41 Å². The van der Waals surface area contributed by atoms with Gasteiger partial charge in [-0.05, 0) is 39.7 Å². The smallest absolute Gasteiger partial charge is 0.310 e. The number of nitrogens with zero attached hydrogens (tertiary/aromatic N) is 1. The topological polar surface area (TPSA) is 40.5 Å². The molecule has 0 saturated heterocycles. The molecule has 3 heteroatoms. The summed E-state index contributed by atoms with van der Waals surface area (Å²) in [6.45, 7) is 8.38. The van der Waals surface area contributed by atoms with Gasteiger partial charge in [0.25, 0.3) is 0 Å². The number of unbranched alkanes of at least 4 members (excludes halogenated alkanes) is 2. The molecular weight excluding hydrogens is 250 g/mol. The van der Waals surface area contributed by atoms with Gasteiger partial charge in [-0.2, -0.15) is 0 Å². The van der Waals surface area contributed by atoms with Gasteiger partial charge in [0.2, 0.25) is 0 Å². The molecule has 0 atom stereocenters. The Morgan fingerprint density at radius 3 is 2.20 bits per heavy atom. The average molecular weight is 283 g/mol. The van der Waals surface area contributed by atoms with Crippen molar-refractivity contribution in [1.29, 1.82) is 0 Å². The number of carboxylic acids is 1. The van der Waals surface area contributed by atoms with Gasteiger partial charge < -0.3 is 5.11 Å². The molecule has 1 aliphatic carbocycles. The van der Waals surface area contributed by atoms with Gasteiger partial charge >= 0.3 is 5.97 Å². The second kappa shape index (κ2) is 8.66. The van der Waals surface area contributed by atoms with Crippen molar-refractivity contribution >= 4 is 5.97 Å². The molecule has 118 valence electrons. The molecule has 3 nitrogen and oxygen atoms in total. The van der Waals surface area contributed by atoms with Crippen molar-refractivity contribution in [2.45, 2.75) is 84.6 Å². The molecule has 1 fully saturated rings. The second-order valence-corrected chi connectivity index (χ2v) is 6.77. The number of carbonyl (C=O) groups is 1. The van der Waals surface area contributed by atoms with Gasteiger partial charge in [-0.15, -0.1) is 0 Å². The Morgan fingerprint density at radius 2 is 1.75 bits per heavy atom. The average Bonchev–Trinajstić information content (AvgIpc) is 2.64. The van der Waals surface area contributed by atoms with Crippen molar-refractivity contribution in [2.24, 2.45) is 5.41 Å². The van der Waals surface area contributed by atoms with Crippen LogP contribution in [-0.2, 0) is 4.79 Å². The normalized spacial score (nSPS) is 19.2. The molecule has 0 spiro atoms. The Hall–Kier alpha value is -0.570. The molecule has 0 aliphatic heterocycles. The van der Waals surface area contributed by atoms with Crippen molar-refractivity contribution < 1.29 is 9.90 Å². The second-order valence-electron chi connectivity index (χ2n) is 6.77. The van der Waals surface area contributed by atoms with Crippen LogP contribution in [0.25, 0.3) is 0 Å². The molecule has 20 heavy (non-hydrogen) atoms. The molecule has 0 unspecified atom stereocenters. The lowest BCUT2D eigenvalue weighted by Crippen LogP contribution is -2.46. The molecule has 1 saturated carbocycles. The van der Waals surface area contributed by atoms with Crippen LogP contribution in [0.5, 0.6) is 0 Å². The van der Waals surface area contributed by atoms with E-state index >= 15 is 0 Å². The first-order valence-corrected chi connectivity index (χ1v) is 8.49. The largest absolute Gasteiger partial charge is 0.481 e. The van der Waals surface area contributed by atoms with Crippen LogP contribution in [0.3, 0.4) is 0 Å². The lowest BCUT2D eigenvalue weighted by molar-refractivity contribution is -0.151. The summed E-state index contributed by atoms with van der Waals surface area (Å²) in [7, 11) is 0. The Labute approximate surface area is 124 Å². The molecular formula is C17H33NO2. The minimum atomic E-state index is -0.569. The molecule has 0 aromatic carbocycles. The van der Waals surface area contributed by atoms with Crippen molar-refractivity contribution in [2.75, 3.05) is 13.1 Å². The lowest BCUT2D eigenvalue weighted by atomic mass is 9.79. The van der Waals surface area contributed by atoms with Crippen LogP contribution in [0.4, 0.5) is 0 Å². The van der Waals surface area contributed by atoms with Crippen LogP contribution in [0, 0.1) is 5.41 Å². The van der Waals surface area contributed by atoms with Gasteiger partial charge in [0.15, 0.2) is 0 Å². The van der Waals surface area contributed by atoms with E-state index in [0.29, 0.717) is 6.04 Å². The highest BCUT2D eigenvalue weighted by Crippen LogP contribution is 2.36. The minimum Gasteiger partial charge on any atom is -0.481 e. The van der Waals surface area contributed by atoms with E-state index in [9.17, 15) is 9.90 Å². The zero-order valence-electron chi connectivity index (χ0n) is 13.7. The van der Waals surface area contributed by atoms with E-state index in [1.807, 2.05) is 0 Å². The van der Waals surface area contributed by atoms with Crippen LogP contribution >= 0.6 is 0 Å². The molecule has 0 aromatic heterocycles. The Kier molecular flexibility index (Phi) is 7.57. The highest BCUT2D eigenvalue weighted by atomic mass is 16.4. The summed E-state index contributed by atoms with van der Waals surface area (Å²) in [6.07, 6.45) is 9.92. The van der Waals surface area contributed by atoms with E-state index in [0.717, 1.165) is 38.8 Å². The van der Waals surface area contributed by atoms with E-state index in [1.165, 1.54) is 32.1 Å². The summed E-state index contributed by atoms with van der Waals surface area (Å²) in [4.78, 5) is 14.3. The Balaban J connectivity index is 2.71. The number of hydrogen-bond donors (Lipinski definition) is 1. The standard InChI is InChI=1S/C17H33NO2/c1-4-5-10-13-18(15(2)3)14-17(16(19)20)11-8-6-7-9-12-17/h15H,4-14H2,1-3H3,(H,19,20).